The number of para-hydroxylation sites is 1. The number of nitriles is 1. The quantitative estimate of drug-likeness (QED) is 0.470. The molecule has 0 aliphatic carbocycles. The summed E-state index contributed by atoms with van der Waals surface area (Å²) in [6, 6.07) is 20.4. The number of amides is 2. The van der Waals surface area contributed by atoms with Crippen LogP contribution in [-0.4, -0.2) is 16.8 Å². The minimum absolute atomic E-state index is 0.0521. The number of aromatic nitrogens is 1. The monoisotopic (exact) mass is 416 g/mol. The van der Waals surface area contributed by atoms with Crippen LogP contribution in [0, 0.1) is 11.3 Å². The van der Waals surface area contributed by atoms with E-state index < -0.39 is 5.91 Å². The molecule has 0 fully saturated rings. The highest BCUT2D eigenvalue weighted by Gasteiger charge is 2.18. The molecule has 0 saturated carbocycles. The van der Waals surface area contributed by atoms with Crippen molar-refractivity contribution >= 4 is 40.0 Å². The highest BCUT2D eigenvalue weighted by Crippen LogP contribution is 2.29. The summed E-state index contributed by atoms with van der Waals surface area (Å²) in [5.41, 5.74) is 2.03. The minimum Gasteiger partial charge on any atom is -0.345 e. The van der Waals surface area contributed by atoms with Gasteiger partial charge < -0.3 is 5.32 Å². The first-order chi connectivity index (χ1) is 14.5. The van der Waals surface area contributed by atoms with E-state index in [1.54, 1.807) is 5.38 Å². The van der Waals surface area contributed by atoms with E-state index in [4.69, 9.17) is 0 Å². The lowest BCUT2D eigenvalue weighted by molar-refractivity contribution is -0.118. The first-order valence-corrected chi connectivity index (χ1v) is 10.2. The van der Waals surface area contributed by atoms with Crippen LogP contribution in [0.25, 0.3) is 6.08 Å². The molecule has 7 heteroatoms. The van der Waals surface area contributed by atoms with Gasteiger partial charge in [-0.25, -0.2) is 4.98 Å². The molecule has 3 aromatic rings. The lowest BCUT2D eigenvalue weighted by Crippen LogP contribution is -2.27. The van der Waals surface area contributed by atoms with Crippen molar-refractivity contribution in [3.8, 4) is 6.07 Å². The van der Waals surface area contributed by atoms with Crippen LogP contribution in [-0.2, 0) is 9.59 Å². The molecule has 2 aromatic carbocycles. The smallest absolute Gasteiger partial charge is 0.262 e. The zero-order valence-electron chi connectivity index (χ0n) is 16.6. The van der Waals surface area contributed by atoms with Gasteiger partial charge in [0.05, 0.1) is 17.4 Å². The lowest BCUT2D eigenvalue weighted by Gasteiger charge is -2.17. The van der Waals surface area contributed by atoms with Gasteiger partial charge in [-0.2, -0.15) is 5.26 Å². The largest absolute Gasteiger partial charge is 0.345 e. The van der Waals surface area contributed by atoms with Gasteiger partial charge in [0.2, 0.25) is 5.91 Å². The number of thiazole rings is 1. The Kier molecular flexibility index (Phi) is 6.73. The van der Waals surface area contributed by atoms with Crippen LogP contribution in [0.1, 0.15) is 31.1 Å². The van der Waals surface area contributed by atoms with Gasteiger partial charge in [-0.1, -0.05) is 48.5 Å². The molecule has 0 aliphatic rings. The first-order valence-electron chi connectivity index (χ1n) is 9.28. The number of hydrogen-bond acceptors (Lipinski definition) is 5. The van der Waals surface area contributed by atoms with Gasteiger partial charge in [-0.3, -0.25) is 14.5 Å². The third-order valence-corrected chi connectivity index (χ3v) is 5.18. The minimum atomic E-state index is -0.477. The van der Waals surface area contributed by atoms with Crippen molar-refractivity contribution < 1.29 is 9.59 Å². The number of carbonyl (C=O) groups excluding carboxylic acids is 2. The number of anilines is 2. The van der Waals surface area contributed by atoms with Crippen molar-refractivity contribution in [3.05, 3.63) is 82.9 Å². The summed E-state index contributed by atoms with van der Waals surface area (Å²) >= 11 is 1.26. The average molecular weight is 417 g/mol. The molecule has 0 aliphatic heterocycles. The molecular formula is C23H20N4O2S. The summed E-state index contributed by atoms with van der Waals surface area (Å²) in [5, 5.41) is 14.5. The highest BCUT2D eigenvalue weighted by molar-refractivity contribution is 7.14. The Hall–Kier alpha value is -3.76. The van der Waals surface area contributed by atoms with Gasteiger partial charge in [0.25, 0.3) is 5.91 Å². The van der Waals surface area contributed by atoms with E-state index in [1.165, 1.54) is 29.2 Å². The molecule has 3 rings (SSSR count). The Morgan fingerprint density at radius 2 is 1.77 bits per heavy atom. The summed E-state index contributed by atoms with van der Waals surface area (Å²) in [7, 11) is 0. The number of benzene rings is 2. The van der Waals surface area contributed by atoms with Crippen LogP contribution in [0.4, 0.5) is 10.8 Å². The van der Waals surface area contributed by atoms with Crippen LogP contribution >= 0.6 is 11.3 Å². The molecule has 1 aromatic heterocycles. The molecule has 0 unspecified atom stereocenters. The molecule has 30 heavy (non-hydrogen) atoms. The maximum Gasteiger partial charge on any atom is 0.262 e. The summed E-state index contributed by atoms with van der Waals surface area (Å²) in [6.07, 6.45) is 1.43. The maximum absolute atomic E-state index is 12.5. The van der Waals surface area contributed by atoms with E-state index in [-0.39, 0.29) is 17.5 Å². The summed E-state index contributed by atoms with van der Waals surface area (Å²) in [4.78, 5) is 30.6. The first kappa shape index (κ1) is 21.0. The second-order valence-corrected chi connectivity index (χ2v) is 7.36. The van der Waals surface area contributed by atoms with Crippen LogP contribution in [0.15, 0.2) is 71.6 Å². The van der Waals surface area contributed by atoms with Gasteiger partial charge in [0.15, 0.2) is 5.13 Å². The predicted molar refractivity (Wildman–Crippen MR) is 118 cm³/mol. The second kappa shape index (κ2) is 9.63. The molecule has 1 atom stereocenters. The SMILES string of the molecule is CC(=O)N(c1ccccc1)c1nc(/C=C(\C#N)C(=O)N[C@H](C)c2ccccc2)cs1. The van der Waals surface area contributed by atoms with Gasteiger partial charge >= 0.3 is 0 Å². The molecule has 1 N–H and O–H groups in total. The van der Waals surface area contributed by atoms with Crippen LogP contribution < -0.4 is 10.2 Å². The van der Waals surface area contributed by atoms with Gasteiger partial charge in [-0.15, -0.1) is 11.3 Å². The molecular weight excluding hydrogens is 396 g/mol. The zero-order chi connectivity index (χ0) is 21.5. The van der Waals surface area contributed by atoms with E-state index >= 15 is 0 Å². The zero-order valence-corrected chi connectivity index (χ0v) is 17.4. The number of nitrogens with zero attached hydrogens (tertiary/aromatic N) is 3. The van der Waals surface area contributed by atoms with E-state index in [0.29, 0.717) is 16.5 Å². The van der Waals surface area contributed by atoms with Crippen molar-refractivity contribution in [1.82, 2.24) is 10.3 Å². The molecule has 0 radical (unpaired) electrons. The molecule has 1 heterocycles. The normalized spacial score (nSPS) is 12.0. The number of carbonyl (C=O) groups is 2. The number of hydrogen-bond donors (Lipinski definition) is 1. The summed E-state index contributed by atoms with van der Waals surface area (Å²) in [6.45, 7) is 3.32. The molecule has 0 spiro atoms. The Balaban J connectivity index is 1.80. The molecule has 2 amide bonds. The average Bonchev–Trinajstić information content (AvgIpc) is 3.21. The molecule has 6 nitrogen and oxygen atoms in total. The Morgan fingerprint density at radius 3 is 2.37 bits per heavy atom. The predicted octanol–water partition coefficient (Wildman–Crippen LogP) is 4.61. The van der Waals surface area contributed by atoms with Crippen molar-refractivity contribution in [3.63, 3.8) is 0 Å². The Bertz CT molecular complexity index is 1100. The van der Waals surface area contributed by atoms with E-state index in [9.17, 15) is 14.9 Å². The number of nitrogens with one attached hydrogen (secondary N) is 1. The fourth-order valence-corrected chi connectivity index (χ4v) is 3.69. The van der Waals surface area contributed by atoms with E-state index in [0.717, 1.165) is 5.56 Å². The van der Waals surface area contributed by atoms with Crippen molar-refractivity contribution in [2.24, 2.45) is 0 Å². The second-order valence-electron chi connectivity index (χ2n) is 6.52. The Labute approximate surface area is 179 Å². The summed E-state index contributed by atoms with van der Waals surface area (Å²) < 4.78 is 0. The fraction of sp³-hybridized carbons (Fsp3) is 0.130. The molecule has 0 saturated heterocycles. The standard InChI is InChI=1S/C23H20N4O2S/c1-16(18-9-5-3-6-10-18)25-22(29)19(14-24)13-20-15-30-23(26-20)27(17(2)28)21-11-7-4-8-12-21/h3-13,15-16H,1-2H3,(H,25,29)/b19-13+/t16-/m1/s1. The third kappa shape index (κ3) is 4.99. The van der Waals surface area contributed by atoms with Gasteiger partial charge in [0.1, 0.15) is 11.6 Å². The number of rotatable bonds is 6. The molecule has 0 bridgehead atoms. The lowest BCUT2D eigenvalue weighted by atomic mass is 10.1. The van der Waals surface area contributed by atoms with Gasteiger partial charge in [0, 0.05) is 12.3 Å². The molecule has 150 valence electrons. The van der Waals surface area contributed by atoms with Crippen molar-refractivity contribution in [2.75, 3.05) is 4.90 Å². The van der Waals surface area contributed by atoms with Crippen molar-refractivity contribution in [2.45, 2.75) is 19.9 Å². The highest BCUT2D eigenvalue weighted by atomic mass is 32.1. The van der Waals surface area contributed by atoms with E-state index in [1.807, 2.05) is 73.7 Å². The van der Waals surface area contributed by atoms with Crippen molar-refractivity contribution in [1.29, 1.82) is 5.26 Å². The third-order valence-electron chi connectivity index (χ3n) is 4.33. The van der Waals surface area contributed by atoms with E-state index in [2.05, 4.69) is 10.3 Å². The topological polar surface area (TPSA) is 86.1 Å². The maximum atomic E-state index is 12.5. The van der Waals surface area contributed by atoms with Crippen LogP contribution in [0.5, 0.6) is 0 Å². The van der Waals surface area contributed by atoms with Crippen LogP contribution in [0.2, 0.25) is 0 Å². The Morgan fingerprint density at radius 1 is 1.13 bits per heavy atom. The summed E-state index contributed by atoms with van der Waals surface area (Å²) in [5.74, 6) is -0.657. The fourth-order valence-electron chi connectivity index (χ4n) is 2.85. The van der Waals surface area contributed by atoms with Crippen LogP contribution in [0.3, 0.4) is 0 Å². The van der Waals surface area contributed by atoms with Gasteiger partial charge in [-0.05, 0) is 30.7 Å².